The number of nitrogens with one attached hydrogen (secondary N) is 2. The largest absolute Gasteiger partial charge is 0.482 e. The number of halogens is 1. The second-order valence-electron chi connectivity index (χ2n) is 5.00. The number of hydrogen-bond donors (Lipinski definition) is 2. The number of ether oxygens (including phenoxy) is 1. The van der Waals surface area contributed by atoms with E-state index in [9.17, 15) is 9.18 Å². The van der Waals surface area contributed by atoms with Crippen LogP contribution in [0.15, 0.2) is 36.4 Å². The summed E-state index contributed by atoms with van der Waals surface area (Å²) in [6.07, 6.45) is 0. The molecule has 2 aromatic rings. The fraction of sp³-hybridized carbons (Fsp3) is 0.188. The van der Waals surface area contributed by atoms with Crippen LogP contribution in [0.4, 0.5) is 15.8 Å². The van der Waals surface area contributed by atoms with Gasteiger partial charge in [0, 0.05) is 6.54 Å². The van der Waals surface area contributed by atoms with Crippen molar-refractivity contribution in [2.24, 2.45) is 0 Å². The third-order valence-electron chi connectivity index (χ3n) is 3.28. The molecule has 108 valence electrons. The van der Waals surface area contributed by atoms with Crippen molar-refractivity contribution in [3.8, 4) is 5.75 Å². The SMILES string of the molecule is Cc1ccc(NCc2ccc3c(c2)NC(=O)CO3)c(F)c1. The molecule has 0 unspecified atom stereocenters. The van der Waals surface area contributed by atoms with E-state index in [0.717, 1.165) is 11.1 Å². The summed E-state index contributed by atoms with van der Waals surface area (Å²) < 4.78 is 19.0. The molecular formula is C16H15FN2O2. The molecule has 2 N–H and O–H groups in total. The van der Waals surface area contributed by atoms with Crippen molar-refractivity contribution in [3.05, 3.63) is 53.3 Å². The smallest absolute Gasteiger partial charge is 0.262 e. The second kappa shape index (κ2) is 5.44. The van der Waals surface area contributed by atoms with E-state index >= 15 is 0 Å². The Bertz CT molecular complexity index is 701. The predicted molar refractivity (Wildman–Crippen MR) is 79.0 cm³/mol. The van der Waals surface area contributed by atoms with Crippen LogP contribution in [0.2, 0.25) is 0 Å². The molecule has 0 saturated heterocycles. The van der Waals surface area contributed by atoms with Gasteiger partial charge in [0.2, 0.25) is 0 Å². The van der Waals surface area contributed by atoms with Crippen molar-refractivity contribution in [2.75, 3.05) is 17.2 Å². The molecule has 0 bridgehead atoms. The molecule has 0 spiro atoms. The number of carbonyl (C=O) groups excluding carboxylic acids is 1. The Kier molecular flexibility index (Phi) is 3.48. The molecule has 3 rings (SSSR count). The number of rotatable bonds is 3. The number of aryl methyl sites for hydroxylation is 1. The zero-order valence-electron chi connectivity index (χ0n) is 11.6. The van der Waals surface area contributed by atoms with Crippen LogP contribution >= 0.6 is 0 Å². The Morgan fingerprint density at radius 2 is 2.14 bits per heavy atom. The highest BCUT2D eigenvalue weighted by Gasteiger charge is 2.15. The zero-order chi connectivity index (χ0) is 14.8. The van der Waals surface area contributed by atoms with Gasteiger partial charge in [0.15, 0.2) is 6.61 Å². The second-order valence-corrected chi connectivity index (χ2v) is 5.00. The van der Waals surface area contributed by atoms with E-state index in [4.69, 9.17) is 4.74 Å². The normalized spacial score (nSPS) is 13.1. The molecule has 4 nitrogen and oxygen atoms in total. The van der Waals surface area contributed by atoms with Crippen molar-refractivity contribution in [1.29, 1.82) is 0 Å². The van der Waals surface area contributed by atoms with E-state index in [2.05, 4.69) is 10.6 Å². The lowest BCUT2D eigenvalue weighted by atomic mass is 10.1. The molecule has 0 atom stereocenters. The molecule has 1 amide bonds. The molecule has 2 aromatic carbocycles. The third-order valence-corrected chi connectivity index (χ3v) is 3.28. The monoisotopic (exact) mass is 286 g/mol. The number of benzene rings is 2. The topological polar surface area (TPSA) is 50.4 Å². The molecule has 5 heteroatoms. The fourth-order valence-electron chi connectivity index (χ4n) is 2.20. The van der Waals surface area contributed by atoms with E-state index in [-0.39, 0.29) is 18.3 Å². The van der Waals surface area contributed by atoms with Crippen LogP contribution in [0.25, 0.3) is 0 Å². The van der Waals surface area contributed by atoms with Gasteiger partial charge >= 0.3 is 0 Å². The number of amides is 1. The Labute approximate surface area is 121 Å². The molecule has 1 heterocycles. The minimum absolute atomic E-state index is 0.0408. The summed E-state index contributed by atoms with van der Waals surface area (Å²) in [6.45, 7) is 2.35. The Hall–Kier alpha value is -2.56. The highest BCUT2D eigenvalue weighted by atomic mass is 19.1. The van der Waals surface area contributed by atoms with Gasteiger partial charge in [-0.15, -0.1) is 0 Å². The van der Waals surface area contributed by atoms with E-state index < -0.39 is 0 Å². The van der Waals surface area contributed by atoms with Gasteiger partial charge in [0.25, 0.3) is 5.91 Å². The zero-order valence-corrected chi connectivity index (χ0v) is 11.6. The number of anilines is 2. The summed E-state index contributed by atoms with van der Waals surface area (Å²) in [4.78, 5) is 11.3. The van der Waals surface area contributed by atoms with Gasteiger partial charge in [-0.1, -0.05) is 12.1 Å². The molecule has 0 radical (unpaired) electrons. The Morgan fingerprint density at radius 1 is 1.29 bits per heavy atom. The molecule has 0 aromatic heterocycles. The van der Waals surface area contributed by atoms with Gasteiger partial charge in [-0.05, 0) is 42.3 Å². The maximum absolute atomic E-state index is 13.7. The maximum Gasteiger partial charge on any atom is 0.262 e. The van der Waals surface area contributed by atoms with Crippen molar-refractivity contribution >= 4 is 17.3 Å². The van der Waals surface area contributed by atoms with Gasteiger partial charge in [-0.25, -0.2) is 4.39 Å². The predicted octanol–water partition coefficient (Wildman–Crippen LogP) is 3.08. The molecular weight excluding hydrogens is 271 g/mol. The van der Waals surface area contributed by atoms with Crippen LogP contribution in [0.3, 0.4) is 0 Å². The van der Waals surface area contributed by atoms with E-state index in [1.54, 1.807) is 12.1 Å². The Morgan fingerprint density at radius 3 is 2.95 bits per heavy atom. The van der Waals surface area contributed by atoms with Crippen LogP contribution in [-0.4, -0.2) is 12.5 Å². The summed E-state index contributed by atoms with van der Waals surface area (Å²) >= 11 is 0. The average molecular weight is 286 g/mol. The summed E-state index contributed by atoms with van der Waals surface area (Å²) in [5.41, 5.74) is 2.92. The summed E-state index contributed by atoms with van der Waals surface area (Å²) in [5, 5.41) is 5.80. The van der Waals surface area contributed by atoms with Crippen LogP contribution < -0.4 is 15.4 Å². The quantitative estimate of drug-likeness (QED) is 0.911. The number of fused-ring (bicyclic) bond motifs is 1. The van der Waals surface area contributed by atoms with Crippen molar-refractivity contribution in [1.82, 2.24) is 0 Å². The maximum atomic E-state index is 13.7. The first-order valence-corrected chi connectivity index (χ1v) is 6.67. The lowest BCUT2D eigenvalue weighted by Crippen LogP contribution is -2.25. The van der Waals surface area contributed by atoms with Crippen LogP contribution in [0.1, 0.15) is 11.1 Å². The molecule has 0 aliphatic carbocycles. The third kappa shape index (κ3) is 2.97. The minimum Gasteiger partial charge on any atom is -0.482 e. The van der Waals surface area contributed by atoms with Crippen LogP contribution in [0.5, 0.6) is 5.75 Å². The lowest BCUT2D eigenvalue weighted by Gasteiger charge is -2.18. The molecule has 21 heavy (non-hydrogen) atoms. The first kappa shape index (κ1) is 13.4. The fourth-order valence-corrected chi connectivity index (χ4v) is 2.20. The standard InChI is InChI=1S/C16H15FN2O2/c1-10-2-4-13(12(17)6-10)18-8-11-3-5-15-14(7-11)19-16(20)9-21-15/h2-7,18H,8-9H2,1H3,(H,19,20). The number of carbonyl (C=O) groups is 1. The minimum atomic E-state index is -0.274. The van der Waals surface area contributed by atoms with Gasteiger partial charge in [0.05, 0.1) is 11.4 Å². The summed E-state index contributed by atoms with van der Waals surface area (Å²) in [6, 6.07) is 10.6. The van der Waals surface area contributed by atoms with Crippen molar-refractivity contribution < 1.29 is 13.9 Å². The Balaban J connectivity index is 1.73. The first-order valence-electron chi connectivity index (χ1n) is 6.67. The van der Waals surface area contributed by atoms with Crippen molar-refractivity contribution in [2.45, 2.75) is 13.5 Å². The van der Waals surface area contributed by atoms with E-state index in [1.807, 2.05) is 25.1 Å². The average Bonchev–Trinajstić information content (AvgIpc) is 2.46. The highest BCUT2D eigenvalue weighted by Crippen LogP contribution is 2.28. The molecule has 0 fully saturated rings. The molecule has 1 aliphatic heterocycles. The van der Waals surface area contributed by atoms with Gasteiger partial charge in [-0.2, -0.15) is 0 Å². The summed E-state index contributed by atoms with van der Waals surface area (Å²) in [5.74, 6) is 0.210. The van der Waals surface area contributed by atoms with Gasteiger partial charge in [-0.3, -0.25) is 4.79 Å². The highest BCUT2D eigenvalue weighted by molar-refractivity contribution is 5.95. The molecule has 1 aliphatic rings. The lowest BCUT2D eigenvalue weighted by molar-refractivity contribution is -0.118. The van der Waals surface area contributed by atoms with Gasteiger partial charge < -0.3 is 15.4 Å². The molecule has 0 saturated carbocycles. The van der Waals surface area contributed by atoms with Crippen LogP contribution in [-0.2, 0) is 11.3 Å². The first-order chi connectivity index (χ1) is 10.1. The van der Waals surface area contributed by atoms with E-state index in [1.165, 1.54) is 6.07 Å². The summed E-state index contributed by atoms with van der Waals surface area (Å²) in [7, 11) is 0. The van der Waals surface area contributed by atoms with Crippen molar-refractivity contribution in [3.63, 3.8) is 0 Å². The van der Waals surface area contributed by atoms with Crippen LogP contribution in [0, 0.1) is 12.7 Å². The van der Waals surface area contributed by atoms with Gasteiger partial charge in [0.1, 0.15) is 11.6 Å². The van der Waals surface area contributed by atoms with E-state index in [0.29, 0.717) is 23.7 Å². The number of hydrogen-bond acceptors (Lipinski definition) is 3.